The molecule has 0 fully saturated rings. The molecule has 0 aliphatic rings. The Hall–Kier alpha value is -0.920. The fourth-order valence-corrected chi connectivity index (χ4v) is 0.334. The van der Waals surface area contributed by atoms with Crippen LogP contribution in [0.15, 0.2) is 36.2 Å². The molecule has 0 radical (unpaired) electrons. The van der Waals surface area contributed by atoms with Gasteiger partial charge in [-0.15, -0.1) is 0 Å². The standard InChI is InChI=1S/C8H10F2/c1-3-8(10)5-4-7(2)6-9/h3-5H,1,6H2,2H3/b7-4+,8-5+. The normalized spacial score (nSPS) is 13.5. The van der Waals surface area contributed by atoms with Gasteiger partial charge in [-0.05, 0) is 24.6 Å². The monoisotopic (exact) mass is 144 g/mol. The van der Waals surface area contributed by atoms with Gasteiger partial charge >= 0.3 is 0 Å². The van der Waals surface area contributed by atoms with Gasteiger partial charge in [-0.3, -0.25) is 0 Å². The van der Waals surface area contributed by atoms with Crippen LogP contribution >= 0.6 is 0 Å². The van der Waals surface area contributed by atoms with E-state index in [1.54, 1.807) is 6.92 Å². The van der Waals surface area contributed by atoms with Crippen molar-refractivity contribution < 1.29 is 8.78 Å². The highest BCUT2D eigenvalue weighted by Crippen LogP contribution is 2.00. The van der Waals surface area contributed by atoms with Crippen molar-refractivity contribution in [3.63, 3.8) is 0 Å². The number of allylic oxidation sites excluding steroid dienone is 5. The predicted octanol–water partition coefficient (Wildman–Crippen LogP) is 2.94. The first-order chi connectivity index (χ1) is 4.70. The second kappa shape index (κ2) is 4.91. The molecule has 0 aliphatic carbocycles. The van der Waals surface area contributed by atoms with Gasteiger partial charge in [0.1, 0.15) is 12.5 Å². The van der Waals surface area contributed by atoms with E-state index in [1.807, 2.05) is 0 Å². The molecule has 56 valence electrons. The third-order valence-electron chi connectivity index (χ3n) is 0.933. The van der Waals surface area contributed by atoms with E-state index in [1.165, 1.54) is 12.2 Å². The van der Waals surface area contributed by atoms with Gasteiger partial charge < -0.3 is 0 Å². The van der Waals surface area contributed by atoms with Crippen molar-refractivity contribution in [1.82, 2.24) is 0 Å². The second-order valence-electron chi connectivity index (χ2n) is 1.90. The van der Waals surface area contributed by atoms with Crippen molar-refractivity contribution in [3.8, 4) is 0 Å². The highest BCUT2D eigenvalue weighted by atomic mass is 19.1. The average Bonchev–Trinajstić information content (AvgIpc) is 1.99. The van der Waals surface area contributed by atoms with Crippen LogP contribution in [-0.4, -0.2) is 6.67 Å². The van der Waals surface area contributed by atoms with Gasteiger partial charge in [0.05, 0.1) is 0 Å². The van der Waals surface area contributed by atoms with Gasteiger partial charge in [0.2, 0.25) is 0 Å². The minimum absolute atomic E-state index is 0.451. The largest absolute Gasteiger partial charge is 0.246 e. The molecular weight excluding hydrogens is 134 g/mol. The van der Waals surface area contributed by atoms with Gasteiger partial charge in [0.25, 0.3) is 0 Å². The van der Waals surface area contributed by atoms with E-state index < -0.39 is 12.5 Å². The van der Waals surface area contributed by atoms with Crippen LogP contribution in [0.2, 0.25) is 0 Å². The van der Waals surface area contributed by atoms with E-state index in [0.29, 0.717) is 5.57 Å². The van der Waals surface area contributed by atoms with Gasteiger partial charge in [-0.2, -0.15) is 0 Å². The molecule has 0 unspecified atom stereocenters. The van der Waals surface area contributed by atoms with Crippen molar-refractivity contribution in [3.05, 3.63) is 36.2 Å². The maximum atomic E-state index is 12.2. The van der Waals surface area contributed by atoms with E-state index >= 15 is 0 Å². The maximum absolute atomic E-state index is 12.2. The average molecular weight is 144 g/mol. The Labute approximate surface area is 59.6 Å². The Morgan fingerprint density at radius 3 is 2.50 bits per heavy atom. The SMILES string of the molecule is C=C/C(F)=C\C=C(/C)CF. The summed E-state index contributed by atoms with van der Waals surface area (Å²) in [5.74, 6) is -0.451. The van der Waals surface area contributed by atoms with Gasteiger partial charge in [0.15, 0.2) is 0 Å². The van der Waals surface area contributed by atoms with Gasteiger partial charge in [0, 0.05) is 0 Å². The van der Waals surface area contributed by atoms with E-state index in [4.69, 9.17) is 0 Å². The fraction of sp³-hybridized carbons (Fsp3) is 0.250. The minimum atomic E-state index is -0.541. The molecule has 0 rings (SSSR count). The molecule has 0 N–H and O–H groups in total. The topological polar surface area (TPSA) is 0 Å². The van der Waals surface area contributed by atoms with E-state index in [2.05, 4.69) is 6.58 Å². The molecule has 0 aliphatic heterocycles. The van der Waals surface area contributed by atoms with Crippen LogP contribution in [0.25, 0.3) is 0 Å². The molecule has 0 aromatic carbocycles. The van der Waals surface area contributed by atoms with E-state index in [0.717, 1.165) is 6.08 Å². The summed E-state index contributed by atoms with van der Waals surface area (Å²) in [4.78, 5) is 0. The summed E-state index contributed by atoms with van der Waals surface area (Å²) in [6, 6.07) is 0. The van der Waals surface area contributed by atoms with Crippen LogP contribution in [0.1, 0.15) is 6.92 Å². The molecule has 0 aromatic rings. The van der Waals surface area contributed by atoms with Crippen LogP contribution in [0.4, 0.5) is 8.78 Å². The Balaban J connectivity index is 4.03. The molecule has 10 heavy (non-hydrogen) atoms. The van der Waals surface area contributed by atoms with Crippen molar-refractivity contribution in [2.24, 2.45) is 0 Å². The Bertz CT molecular complexity index is 166. The van der Waals surface area contributed by atoms with Crippen LogP contribution < -0.4 is 0 Å². The van der Waals surface area contributed by atoms with Gasteiger partial charge in [-0.25, -0.2) is 8.78 Å². The fourth-order valence-electron chi connectivity index (χ4n) is 0.334. The molecule has 0 saturated heterocycles. The van der Waals surface area contributed by atoms with Crippen LogP contribution in [0.5, 0.6) is 0 Å². The highest BCUT2D eigenvalue weighted by Gasteiger charge is 1.84. The number of hydrogen-bond acceptors (Lipinski definition) is 0. The Morgan fingerprint density at radius 1 is 1.50 bits per heavy atom. The first kappa shape index (κ1) is 9.08. The quantitative estimate of drug-likeness (QED) is 0.534. The first-order valence-corrected chi connectivity index (χ1v) is 2.92. The lowest BCUT2D eigenvalue weighted by Crippen LogP contribution is -1.74. The summed E-state index contributed by atoms with van der Waals surface area (Å²) in [7, 11) is 0. The molecule has 0 saturated carbocycles. The van der Waals surface area contributed by atoms with Crippen molar-refractivity contribution in [2.75, 3.05) is 6.67 Å². The summed E-state index contributed by atoms with van der Waals surface area (Å²) in [5, 5.41) is 0. The number of alkyl halides is 1. The second-order valence-corrected chi connectivity index (χ2v) is 1.90. The molecule has 0 nitrogen and oxygen atoms in total. The molecule has 0 bridgehead atoms. The third kappa shape index (κ3) is 4.01. The van der Waals surface area contributed by atoms with Crippen molar-refractivity contribution in [2.45, 2.75) is 6.92 Å². The molecule has 0 spiro atoms. The smallest absolute Gasteiger partial charge is 0.122 e. The van der Waals surface area contributed by atoms with Gasteiger partial charge in [-0.1, -0.05) is 12.7 Å². The first-order valence-electron chi connectivity index (χ1n) is 2.92. The maximum Gasteiger partial charge on any atom is 0.122 e. The zero-order chi connectivity index (χ0) is 7.98. The third-order valence-corrected chi connectivity index (χ3v) is 0.933. The Morgan fingerprint density at radius 2 is 2.10 bits per heavy atom. The van der Waals surface area contributed by atoms with Crippen LogP contribution in [0.3, 0.4) is 0 Å². The van der Waals surface area contributed by atoms with Crippen LogP contribution in [-0.2, 0) is 0 Å². The number of halogens is 2. The zero-order valence-electron chi connectivity index (χ0n) is 5.90. The van der Waals surface area contributed by atoms with Crippen LogP contribution in [0, 0.1) is 0 Å². The summed E-state index contributed by atoms with van der Waals surface area (Å²) in [6.45, 7) is 4.25. The zero-order valence-corrected chi connectivity index (χ0v) is 5.90. The summed E-state index contributed by atoms with van der Waals surface area (Å²) in [6.07, 6.45) is 3.64. The molecular formula is C8H10F2. The molecule has 0 atom stereocenters. The molecule has 2 heteroatoms. The van der Waals surface area contributed by atoms with Crippen molar-refractivity contribution in [1.29, 1.82) is 0 Å². The predicted molar refractivity (Wildman–Crippen MR) is 39.1 cm³/mol. The van der Waals surface area contributed by atoms with E-state index in [9.17, 15) is 8.78 Å². The lowest BCUT2D eigenvalue weighted by Gasteiger charge is -1.86. The summed E-state index contributed by atoms with van der Waals surface area (Å²) in [5.41, 5.74) is 0.497. The Kier molecular flexibility index (Phi) is 4.46. The molecule has 0 amide bonds. The summed E-state index contributed by atoms with van der Waals surface area (Å²) >= 11 is 0. The van der Waals surface area contributed by atoms with E-state index in [-0.39, 0.29) is 0 Å². The minimum Gasteiger partial charge on any atom is -0.246 e. The molecule has 0 heterocycles. The number of rotatable bonds is 3. The van der Waals surface area contributed by atoms with Crippen molar-refractivity contribution >= 4 is 0 Å². The molecule has 0 aromatic heterocycles. The summed E-state index contributed by atoms with van der Waals surface area (Å²) < 4.78 is 23.9. The lowest BCUT2D eigenvalue weighted by atomic mass is 10.3. The number of hydrogen-bond donors (Lipinski definition) is 0. The lowest BCUT2D eigenvalue weighted by molar-refractivity contribution is 0.543. The highest BCUT2D eigenvalue weighted by molar-refractivity contribution is 5.18.